The molecule has 1 N–H and O–H groups in total. The summed E-state index contributed by atoms with van der Waals surface area (Å²) in [7, 11) is 0. The first kappa shape index (κ1) is 54.6. The molecule has 0 aliphatic heterocycles. The van der Waals surface area contributed by atoms with Gasteiger partial charge in [0.25, 0.3) is 0 Å². The van der Waals surface area contributed by atoms with Gasteiger partial charge in [-0.1, -0.05) is 168 Å². The van der Waals surface area contributed by atoms with Crippen LogP contribution in [0.25, 0.3) is 0 Å². The van der Waals surface area contributed by atoms with Gasteiger partial charge in [0.15, 0.2) is 0 Å². The van der Waals surface area contributed by atoms with Gasteiger partial charge in [0.1, 0.15) is 12.7 Å². The van der Waals surface area contributed by atoms with Crippen molar-refractivity contribution in [2.75, 3.05) is 39.5 Å². The average Bonchev–Trinajstić information content (AvgIpc) is 3.21. The van der Waals surface area contributed by atoms with E-state index in [1.165, 1.54) is 167 Å². The fraction of sp³-hybridized carbons (Fsp3) is 0.900. The molecule has 0 heterocycles. The van der Waals surface area contributed by atoms with Gasteiger partial charge in [-0.25, -0.2) is 4.79 Å². The molecule has 0 aliphatic carbocycles. The highest BCUT2D eigenvalue weighted by Gasteiger charge is 2.18. The summed E-state index contributed by atoms with van der Waals surface area (Å²) in [6.45, 7) is 17.1. The van der Waals surface area contributed by atoms with E-state index < -0.39 is 0 Å². The van der Waals surface area contributed by atoms with E-state index in [2.05, 4.69) is 76.1 Å². The molecule has 1 amide bonds. The van der Waals surface area contributed by atoms with E-state index in [-0.39, 0.29) is 18.8 Å². The lowest BCUT2D eigenvalue weighted by atomic mass is 10.1. The van der Waals surface area contributed by atoms with E-state index in [9.17, 15) is 4.79 Å². The highest BCUT2D eigenvalue weighted by Crippen LogP contribution is 2.13. The van der Waals surface area contributed by atoms with Crippen LogP contribution < -0.4 is 5.32 Å². The van der Waals surface area contributed by atoms with Crippen LogP contribution in [0.4, 0.5) is 4.79 Å². The van der Waals surface area contributed by atoms with E-state index in [0.717, 1.165) is 38.8 Å². The van der Waals surface area contributed by atoms with Crippen molar-refractivity contribution >= 4 is 6.09 Å². The second-order valence-corrected chi connectivity index (χ2v) is 16.7. The molecule has 0 aromatic rings. The van der Waals surface area contributed by atoms with E-state index in [4.69, 9.17) is 14.2 Å². The van der Waals surface area contributed by atoms with E-state index in [0.29, 0.717) is 31.8 Å². The molecule has 0 radical (unpaired) electrons. The van der Waals surface area contributed by atoms with Gasteiger partial charge in [-0.2, -0.15) is 0 Å². The minimum atomic E-state index is -0.364. The van der Waals surface area contributed by atoms with Crippen LogP contribution >= 0.6 is 0 Å². The second kappa shape index (κ2) is 44.7. The summed E-state index contributed by atoms with van der Waals surface area (Å²) in [6, 6.07) is 0.984. The van der Waals surface area contributed by atoms with Crippen LogP contribution in [0.1, 0.15) is 234 Å². The monoisotopic (exact) mass is 791 g/mol. The topological polar surface area (TPSA) is 60.0 Å². The van der Waals surface area contributed by atoms with Crippen LogP contribution in [0.5, 0.6) is 0 Å². The lowest BCUT2D eigenvalue weighted by molar-refractivity contribution is -0.0468. The van der Waals surface area contributed by atoms with Crippen LogP contribution in [0.2, 0.25) is 0 Å². The number of nitrogens with zero attached hydrogens (tertiary/aromatic N) is 1. The Morgan fingerprint density at radius 1 is 0.518 bits per heavy atom. The number of ether oxygens (including phenoxy) is 3. The standard InChI is InChI=1S/C50H98N2O4/c1-7-11-13-15-17-19-21-23-25-27-29-31-33-35-37-39-43-54-45-49(46-56-50(53)51-41-42-52(47(5)9-3)48(6)10-4)55-44-40-38-36-34-32-30-28-26-24-22-20-18-16-14-12-8-2/h23-26,47-49H,7-22,27-46H2,1-6H3,(H,51,53). The Kier molecular flexibility index (Phi) is 43.6. The number of carbonyl (C=O) groups excluding carboxylic acids is 1. The number of alkyl carbamates (subject to hydrolysis) is 1. The summed E-state index contributed by atoms with van der Waals surface area (Å²) in [5.74, 6) is 0. The minimum absolute atomic E-state index is 0.227. The van der Waals surface area contributed by atoms with Gasteiger partial charge in [-0.05, 0) is 90.9 Å². The third-order valence-electron chi connectivity index (χ3n) is 11.5. The molecular weight excluding hydrogens is 693 g/mol. The molecule has 0 saturated carbocycles. The summed E-state index contributed by atoms with van der Waals surface area (Å²) in [6.07, 6.45) is 47.6. The third-order valence-corrected chi connectivity index (χ3v) is 11.5. The fourth-order valence-electron chi connectivity index (χ4n) is 7.26. The fourth-order valence-corrected chi connectivity index (χ4v) is 7.26. The molecule has 0 saturated heterocycles. The van der Waals surface area contributed by atoms with Gasteiger partial charge in [-0.15, -0.1) is 0 Å². The van der Waals surface area contributed by atoms with E-state index in [1.807, 2.05) is 0 Å². The summed E-state index contributed by atoms with van der Waals surface area (Å²) in [5.41, 5.74) is 0. The molecule has 6 heteroatoms. The second-order valence-electron chi connectivity index (χ2n) is 16.7. The average molecular weight is 791 g/mol. The van der Waals surface area contributed by atoms with Crippen molar-refractivity contribution in [3.63, 3.8) is 0 Å². The first-order chi connectivity index (χ1) is 27.5. The smallest absolute Gasteiger partial charge is 0.407 e. The molecule has 0 aliphatic rings. The van der Waals surface area contributed by atoms with E-state index in [1.54, 1.807) is 0 Å². The van der Waals surface area contributed by atoms with Crippen LogP contribution in [-0.4, -0.2) is 68.7 Å². The first-order valence-corrected chi connectivity index (χ1v) is 24.7. The van der Waals surface area contributed by atoms with Gasteiger partial charge < -0.3 is 19.5 Å². The number of amides is 1. The molecular formula is C50H98N2O4. The van der Waals surface area contributed by atoms with Crippen molar-refractivity contribution < 1.29 is 19.0 Å². The molecule has 0 spiro atoms. The SMILES string of the molecule is CCCCCCCCC=CCCCCCCCCOCC(COC(=O)NCCN(C(C)CC)C(C)CC)OCCCCCCCCC=CCCCCCCCC. The van der Waals surface area contributed by atoms with Gasteiger partial charge in [0.05, 0.1) is 6.61 Å². The number of nitrogens with one attached hydrogen (secondary N) is 1. The Bertz CT molecular complexity index is 839. The van der Waals surface area contributed by atoms with Crippen molar-refractivity contribution in [3.8, 4) is 0 Å². The van der Waals surface area contributed by atoms with Gasteiger partial charge in [-0.3, -0.25) is 4.90 Å². The van der Waals surface area contributed by atoms with E-state index >= 15 is 0 Å². The maximum absolute atomic E-state index is 12.6. The Labute approximate surface area is 350 Å². The Hall–Kier alpha value is -1.37. The summed E-state index contributed by atoms with van der Waals surface area (Å²) in [5, 5.41) is 2.97. The molecule has 0 fully saturated rings. The largest absolute Gasteiger partial charge is 0.447 e. The van der Waals surface area contributed by atoms with Gasteiger partial charge in [0, 0.05) is 38.4 Å². The van der Waals surface area contributed by atoms with Crippen molar-refractivity contribution in [1.82, 2.24) is 10.2 Å². The van der Waals surface area contributed by atoms with Gasteiger partial charge >= 0.3 is 6.09 Å². The molecule has 3 unspecified atom stereocenters. The maximum atomic E-state index is 12.6. The number of carbonyl (C=O) groups is 1. The number of allylic oxidation sites excluding steroid dienone is 4. The predicted octanol–water partition coefficient (Wildman–Crippen LogP) is 15.1. The normalized spacial score (nSPS) is 13.6. The maximum Gasteiger partial charge on any atom is 0.407 e. The summed E-state index contributed by atoms with van der Waals surface area (Å²) >= 11 is 0. The minimum Gasteiger partial charge on any atom is -0.447 e. The number of rotatable bonds is 44. The van der Waals surface area contributed by atoms with Crippen LogP contribution in [0.15, 0.2) is 24.3 Å². The molecule has 332 valence electrons. The zero-order valence-corrected chi connectivity index (χ0v) is 38.6. The third kappa shape index (κ3) is 38.2. The summed E-state index contributed by atoms with van der Waals surface area (Å²) < 4.78 is 17.9. The zero-order valence-electron chi connectivity index (χ0n) is 38.6. The lowest BCUT2D eigenvalue weighted by Crippen LogP contribution is -2.44. The zero-order chi connectivity index (χ0) is 41.0. The molecule has 0 aromatic carbocycles. The van der Waals surface area contributed by atoms with Crippen LogP contribution in [0.3, 0.4) is 0 Å². The molecule has 0 bridgehead atoms. The number of hydrogen-bond donors (Lipinski definition) is 1. The Balaban J connectivity index is 4.28. The number of unbranched alkanes of at least 4 members (excludes halogenated alkanes) is 24. The first-order valence-electron chi connectivity index (χ1n) is 24.7. The molecule has 0 aromatic heterocycles. The molecule has 6 nitrogen and oxygen atoms in total. The lowest BCUT2D eigenvalue weighted by Gasteiger charge is -2.33. The highest BCUT2D eigenvalue weighted by molar-refractivity contribution is 5.67. The summed E-state index contributed by atoms with van der Waals surface area (Å²) in [4.78, 5) is 15.1. The highest BCUT2D eigenvalue weighted by atomic mass is 16.6. The molecule has 56 heavy (non-hydrogen) atoms. The molecule has 0 rings (SSSR count). The van der Waals surface area contributed by atoms with Crippen molar-refractivity contribution in [3.05, 3.63) is 24.3 Å². The quantitative estimate of drug-likeness (QED) is 0.0492. The van der Waals surface area contributed by atoms with Crippen molar-refractivity contribution in [2.45, 2.75) is 252 Å². The molecule has 3 atom stereocenters. The Morgan fingerprint density at radius 2 is 0.911 bits per heavy atom. The predicted molar refractivity (Wildman–Crippen MR) is 245 cm³/mol. The van der Waals surface area contributed by atoms with Crippen molar-refractivity contribution in [2.24, 2.45) is 0 Å². The van der Waals surface area contributed by atoms with Gasteiger partial charge in [0.2, 0.25) is 0 Å². The van der Waals surface area contributed by atoms with Crippen LogP contribution in [0, 0.1) is 0 Å². The van der Waals surface area contributed by atoms with Crippen molar-refractivity contribution in [1.29, 1.82) is 0 Å². The van der Waals surface area contributed by atoms with Crippen LogP contribution in [-0.2, 0) is 14.2 Å². The number of hydrogen-bond acceptors (Lipinski definition) is 5. The Morgan fingerprint density at radius 3 is 1.34 bits per heavy atom.